The maximum absolute atomic E-state index is 13.5. The van der Waals surface area contributed by atoms with Crippen LogP contribution in [0.1, 0.15) is 99.7 Å². The van der Waals surface area contributed by atoms with Gasteiger partial charge in [-0.05, 0) is 88.6 Å². The molecule has 0 saturated heterocycles. The lowest BCUT2D eigenvalue weighted by molar-refractivity contribution is 0.0633. The van der Waals surface area contributed by atoms with Crippen LogP contribution in [0.4, 0.5) is 16.4 Å². The molecule has 1 atom stereocenters. The summed E-state index contributed by atoms with van der Waals surface area (Å²) in [4.78, 5) is 42.5. The molecule has 57 heavy (non-hydrogen) atoms. The second-order valence-electron chi connectivity index (χ2n) is 16.2. The summed E-state index contributed by atoms with van der Waals surface area (Å²) in [6, 6.07) is 12.3. The molecule has 2 aromatic carbocycles. The average Bonchev–Trinajstić information content (AvgIpc) is 3.75. The van der Waals surface area contributed by atoms with Gasteiger partial charge in [0, 0.05) is 30.1 Å². The number of hydrogen-bond acceptors (Lipinski definition) is 12. The molecule has 3 aromatic heterocycles. The van der Waals surface area contributed by atoms with Crippen LogP contribution in [0.25, 0.3) is 22.5 Å². The quantitative estimate of drug-likeness (QED) is 0.0793. The lowest BCUT2D eigenvalue weighted by Crippen LogP contribution is -2.36. The minimum absolute atomic E-state index is 0.0655. The molecule has 5 aromatic rings. The number of nitrogens with zero attached hydrogens (tertiary/aromatic N) is 4. The SMILES string of the molecule is Cc1cccc(C)c1-c1cc(OC[C@@H](CC2(C)CC2)NCc2cnc3oc(C(C)C)c(NC(=O)OC(C)(C)C)c3n2)nc(NS(=O)(=O)c2cccc(C(=O)O)c2)n1. The zero-order valence-electron chi connectivity index (χ0n) is 33.4. The van der Waals surface area contributed by atoms with Crippen molar-refractivity contribution < 1.29 is 37.0 Å². The first kappa shape index (κ1) is 41.0. The summed E-state index contributed by atoms with van der Waals surface area (Å²) >= 11 is 0. The van der Waals surface area contributed by atoms with Gasteiger partial charge in [-0.2, -0.15) is 4.98 Å². The summed E-state index contributed by atoms with van der Waals surface area (Å²) in [5.41, 5.74) is 4.07. The minimum Gasteiger partial charge on any atom is -0.478 e. The van der Waals surface area contributed by atoms with Crippen LogP contribution < -0.4 is 20.1 Å². The molecule has 0 unspecified atom stereocenters. The van der Waals surface area contributed by atoms with Crippen LogP contribution in [0, 0.1) is 19.3 Å². The van der Waals surface area contributed by atoms with Gasteiger partial charge in [-0.15, -0.1) is 0 Å². The average molecular weight is 800 g/mol. The molecule has 1 fully saturated rings. The van der Waals surface area contributed by atoms with Gasteiger partial charge in [0.2, 0.25) is 17.5 Å². The Bertz CT molecular complexity index is 2400. The highest BCUT2D eigenvalue weighted by molar-refractivity contribution is 7.92. The summed E-state index contributed by atoms with van der Waals surface area (Å²) in [7, 11) is -4.28. The number of benzene rings is 2. The Kier molecular flexibility index (Phi) is 11.6. The summed E-state index contributed by atoms with van der Waals surface area (Å²) in [5.74, 6) is -0.872. The minimum atomic E-state index is -4.28. The van der Waals surface area contributed by atoms with Crippen molar-refractivity contribution in [2.75, 3.05) is 16.6 Å². The molecule has 1 aliphatic rings. The number of hydrogen-bond donors (Lipinski definition) is 4. The number of furan rings is 1. The van der Waals surface area contributed by atoms with Crippen molar-refractivity contribution in [1.29, 1.82) is 0 Å². The number of carboxylic acid groups (broad SMARTS) is 1. The highest BCUT2D eigenvalue weighted by Crippen LogP contribution is 2.49. The molecule has 1 amide bonds. The number of carbonyl (C=O) groups excluding carboxylic acids is 1. The monoisotopic (exact) mass is 799 g/mol. The van der Waals surface area contributed by atoms with Crippen molar-refractivity contribution >= 4 is 45.0 Å². The highest BCUT2D eigenvalue weighted by atomic mass is 32.2. The van der Waals surface area contributed by atoms with Gasteiger partial charge in [0.05, 0.1) is 28.0 Å². The van der Waals surface area contributed by atoms with E-state index in [9.17, 15) is 23.1 Å². The highest BCUT2D eigenvalue weighted by Gasteiger charge is 2.39. The Morgan fingerprint density at radius 1 is 1.02 bits per heavy atom. The van der Waals surface area contributed by atoms with Crippen LogP contribution in [-0.4, -0.2) is 63.8 Å². The largest absolute Gasteiger partial charge is 0.478 e. The number of nitrogens with one attached hydrogen (secondary N) is 3. The maximum Gasteiger partial charge on any atom is 0.412 e. The Balaban J connectivity index is 1.26. The first-order valence-electron chi connectivity index (χ1n) is 18.8. The fourth-order valence-corrected chi connectivity index (χ4v) is 7.44. The Morgan fingerprint density at radius 3 is 2.37 bits per heavy atom. The number of aromatic carboxylic acids is 1. The van der Waals surface area contributed by atoms with Crippen LogP contribution in [0.2, 0.25) is 0 Å². The van der Waals surface area contributed by atoms with E-state index in [1.54, 1.807) is 33.0 Å². The van der Waals surface area contributed by atoms with Gasteiger partial charge in [0.1, 0.15) is 23.7 Å². The number of rotatable bonds is 15. The number of carbonyl (C=O) groups is 2. The molecule has 0 radical (unpaired) electrons. The van der Waals surface area contributed by atoms with E-state index >= 15 is 0 Å². The third kappa shape index (κ3) is 10.2. The Hall–Kier alpha value is -5.61. The Labute approximate surface area is 332 Å². The zero-order chi connectivity index (χ0) is 41.3. The molecule has 0 spiro atoms. The standard InChI is InChI=1S/C41H49N7O8S/c1-23(2)35-33(47-39(51)56-40(5,6)7)34-36(55-35)43-21-28(44-34)20-42-27(19-41(8)15-16-41)22-54-31-18-30(32-24(3)11-9-12-25(32)4)45-38(46-31)48-57(52,53)29-14-10-13-26(17-29)37(49)50/h9-14,17-18,21,23,27,42H,15-16,19-20,22H2,1-8H3,(H,47,51)(H,49,50)(H,45,46,48)/t27-/m1/s1. The number of sulfonamides is 1. The van der Waals surface area contributed by atoms with E-state index in [1.165, 1.54) is 18.2 Å². The number of aryl methyl sites for hydroxylation is 2. The van der Waals surface area contributed by atoms with Gasteiger partial charge in [-0.25, -0.2) is 37.7 Å². The van der Waals surface area contributed by atoms with Crippen molar-refractivity contribution in [3.05, 3.63) is 82.9 Å². The zero-order valence-corrected chi connectivity index (χ0v) is 34.2. The molecular formula is C41H49N7O8S. The predicted octanol–water partition coefficient (Wildman–Crippen LogP) is 7.99. The number of amides is 1. The second kappa shape index (κ2) is 16.1. The van der Waals surface area contributed by atoms with Gasteiger partial charge in [0.15, 0.2) is 5.52 Å². The van der Waals surface area contributed by atoms with E-state index in [0.29, 0.717) is 40.6 Å². The number of ether oxygens (including phenoxy) is 2. The fourth-order valence-electron chi connectivity index (χ4n) is 6.45. The van der Waals surface area contributed by atoms with E-state index in [1.807, 2.05) is 45.9 Å². The third-order valence-corrected chi connectivity index (χ3v) is 10.9. The van der Waals surface area contributed by atoms with Crippen molar-refractivity contribution in [3.63, 3.8) is 0 Å². The topological polar surface area (TPSA) is 208 Å². The fraction of sp³-hybridized carbons (Fsp3) is 0.415. The normalized spacial score (nSPS) is 14.3. The van der Waals surface area contributed by atoms with Crippen LogP contribution in [0.15, 0.2) is 64.0 Å². The summed E-state index contributed by atoms with van der Waals surface area (Å²) < 4.78 is 47.3. The summed E-state index contributed by atoms with van der Waals surface area (Å²) in [6.07, 6.45) is 3.93. The van der Waals surface area contributed by atoms with E-state index in [4.69, 9.17) is 18.9 Å². The van der Waals surface area contributed by atoms with Crippen molar-refractivity contribution in [3.8, 4) is 17.1 Å². The van der Waals surface area contributed by atoms with Crippen molar-refractivity contribution in [1.82, 2.24) is 25.3 Å². The molecule has 3 heterocycles. The van der Waals surface area contributed by atoms with Gasteiger partial charge in [-0.3, -0.25) is 5.32 Å². The maximum atomic E-state index is 13.5. The van der Waals surface area contributed by atoms with Crippen LogP contribution >= 0.6 is 0 Å². The van der Waals surface area contributed by atoms with Crippen LogP contribution in [0.5, 0.6) is 5.88 Å². The smallest absolute Gasteiger partial charge is 0.412 e. The van der Waals surface area contributed by atoms with E-state index in [2.05, 4.69) is 37.2 Å². The van der Waals surface area contributed by atoms with E-state index in [-0.39, 0.29) is 46.3 Å². The van der Waals surface area contributed by atoms with Gasteiger partial charge < -0.3 is 24.3 Å². The van der Waals surface area contributed by atoms with Gasteiger partial charge in [-0.1, -0.05) is 45.0 Å². The van der Waals surface area contributed by atoms with Crippen LogP contribution in [0.3, 0.4) is 0 Å². The third-order valence-electron chi connectivity index (χ3n) is 9.53. The molecule has 4 N–H and O–H groups in total. The summed E-state index contributed by atoms with van der Waals surface area (Å²) in [6.45, 7) is 15.8. The van der Waals surface area contributed by atoms with Gasteiger partial charge in [0.25, 0.3) is 10.0 Å². The molecule has 15 nitrogen and oxygen atoms in total. The number of anilines is 2. The predicted molar refractivity (Wildman–Crippen MR) is 215 cm³/mol. The van der Waals surface area contributed by atoms with Gasteiger partial charge >= 0.3 is 12.1 Å². The second-order valence-corrected chi connectivity index (χ2v) is 17.8. The number of aromatic nitrogens is 4. The first-order valence-corrected chi connectivity index (χ1v) is 20.2. The Morgan fingerprint density at radius 2 is 1.72 bits per heavy atom. The molecule has 0 bridgehead atoms. The molecular weight excluding hydrogens is 751 g/mol. The molecule has 0 aliphatic heterocycles. The molecule has 6 rings (SSSR count). The lowest BCUT2D eigenvalue weighted by atomic mass is 9.99. The summed E-state index contributed by atoms with van der Waals surface area (Å²) in [5, 5.41) is 15.8. The number of fused-ring (bicyclic) bond motifs is 1. The van der Waals surface area contributed by atoms with Crippen molar-refractivity contribution in [2.45, 2.75) is 104 Å². The van der Waals surface area contributed by atoms with Crippen LogP contribution in [-0.2, 0) is 21.3 Å². The molecule has 302 valence electrons. The lowest BCUT2D eigenvalue weighted by Gasteiger charge is -2.22. The van der Waals surface area contributed by atoms with Crippen molar-refractivity contribution in [2.24, 2.45) is 5.41 Å². The molecule has 1 saturated carbocycles. The van der Waals surface area contributed by atoms with E-state index < -0.39 is 27.7 Å². The molecule has 16 heteroatoms. The number of carboxylic acids is 1. The first-order chi connectivity index (χ1) is 26.8. The molecule has 1 aliphatic carbocycles. The van der Waals surface area contributed by atoms with E-state index in [0.717, 1.165) is 42.0 Å².